The Balaban J connectivity index is 4.38. The number of carbonyl (C=O) groups is 2. The molecule has 0 fully saturated rings. The Morgan fingerprint density at radius 3 is 1.54 bits per heavy atom. The lowest BCUT2D eigenvalue weighted by atomic mass is 10.0. The molecule has 0 N–H and O–H groups in total. The van der Waals surface area contributed by atoms with Crippen molar-refractivity contribution in [2.24, 2.45) is 0 Å². The fourth-order valence-corrected chi connectivity index (χ4v) is 6.25. The Morgan fingerprint density at radius 2 is 1.04 bits per heavy atom. The van der Waals surface area contributed by atoms with Gasteiger partial charge in [-0.05, 0) is 32.1 Å². The summed E-state index contributed by atoms with van der Waals surface area (Å²) in [4.78, 5) is 37.3. The summed E-state index contributed by atoms with van der Waals surface area (Å²) in [6, 6.07) is 0. The standard InChI is InChI=1S/C40H78NO8P/c1-6-8-10-12-14-16-18-19-20-21-23-25-27-29-31-33-40(43)49-38(37-48-50(44,45)47-35-34-41(3,4)5)36-46-39(42)32-30-28-26-24-22-17-15-13-11-9-7-2/h13,15,38H,6-12,14,16-37H2,1-5H3/b15-13+/t38-/m1/s1. The third-order valence-corrected chi connectivity index (χ3v) is 9.75. The summed E-state index contributed by atoms with van der Waals surface area (Å²) in [5.41, 5.74) is 0. The van der Waals surface area contributed by atoms with Crippen molar-refractivity contribution < 1.29 is 42.1 Å². The minimum Gasteiger partial charge on any atom is -0.756 e. The lowest BCUT2D eigenvalue weighted by molar-refractivity contribution is -0.870. The van der Waals surface area contributed by atoms with Gasteiger partial charge in [0.25, 0.3) is 7.82 Å². The summed E-state index contributed by atoms with van der Waals surface area (Å²) >= 11 is 0. The van der Waals surface area contributed by atoms with Gasteiger partial charge in [-0.1, -0.05) is 148 Å². The first-order valence-electron chi connectivity index (χ1n) is 20.4. The summed E-state index contributed by atoms with van der Waals surface area (Å²) < 4.78 is 33.8. The molecule has 2 atom stereocenters. The number of allylic oxidation sites excluding steroid dienone is 2. The Hall–Kier alpha value is -1.25. The van der Waals surface area contributed by atoms with Gasteiger partial charge in [0.05, 0.1) is 27.7 Å². The molecule has 0 saturated heterocycles. The van der Waals surface area contributed by atoms with Crippen molar-refractivity contribution in [3.05, 3.63) is 12.2 Å². The highest BCUT2D eigenvalue weighted by Gasteiger charge is 2.21. The Morgan fingerprint density at radius 1 is 0.600 bits per heavy atom. The Kier molecular flexibility index (Phi) is 32.7. The third kappa shape index (κ3) is 36.5. The van der Waals surface area contributed by atoms with Gasteiger partial charge in [-0.2, -0.15) is 0 Å². The number of rotatable bonds is 37. The average Bonchev–Trinajstić information content (AvgIpc) is 3.06. The van der Waals surface area contributed by atoms with Gasteiger partial charge in [0.2, 0.25) is 0 Å². The second-order valence-corrected chi connectivity index (χ2v) is 16.4. The molecule has 0 amide bonds. The molecule has 0 aliphatic rings. The van der Waals surface area contributed by atoms with Crippen LogP contribution >= 0.6 is 7.82 Å². The maximum atomic E-state index is 12.6. The first-order valence-corrected chi connectivity index (χ1v) is 21.9. The largest absolute Gasteiger partial charge is 0.756 e. The third-order valence-electron chi connectivity index (χ3n) is 8.79. The van der Waals surface area contributed by atoms with Crippen LogP contribution in [0.1, 0.15) is 181 Å². The van der Waals surface area contributed by atoms with Gasteiger partial charge < -0.3 is 27.9 Å². The van der Waals surface area contributed by atoms with Gasteiger partial charge in [0.1, 0.15) is 19.8 Å². The second kappa shape index (κ2) is 33.6. The summed E-state index contributed by atoms with van der Waals surface area (Å²) in [6.07, 6.45) is 32.3. The van der Waals surface area contributed by atoms with Crippen molar-refractivity contribution in [2.75, 3.05) is 47.5 Å². The Bertz CT molecular complexity index is 876. The minimum atomic E-state index is -4.61. The van der Waals surface area contributed by atoms with Crippen LogP contribution in [0.3, 0.4) is 0 Å². The highest BCUT2D eigenvalue weighted by molar-refractivity contribution is 7.45. The van der Waals surface area contributed by atoms with Gasteiger partial charge in [-0.15, -0.1) is 0 Å². The van der Waals surface area contributed by atoms with E-state index in [2.05, 4.69) is 26.0 Å². The van der Waals surface area contributed by atoms with E-state index in [1.807, 2.05) is 21.1 Å². The molecule has 0 saturated carbocycles. The van der Waals surface area contributed by atoms with E-state index in [-0.39, 0.29) is 26.1 Å². The van der Waals surface area contributed by atoms with Crippen molar-refractivity contribution in [3.63, 3.8) is 0 Å². The predicted octanol–water partition coefficient (Wildman–Crippen LogP) is 10.4. The maximum absolute atomic E-state index is 12.6. The van der Waals surface area contributed by atoms with Crippen LogP contribution in [0.15, 0.2) is 12.2 Å². The van der Waals surface area contributed by atoms with E-state index in [1.165, 1.54) is 89.9 Å². The van der Waals surface area contributed by atoms with Crippen LogP contribution in [0.4, 0.5) is 0 Å². The number of unbranched alkanes of at least 4 members (excludes halogenated alkanes) is 21. The smallest absolute Gasteiger partial charge is 0.306 e. The number of nitrogens with zero attached hydrogens (tertiary/aromatic N) is 1. The van der Waals surface area contributed by atoms with E-state index in [4.69, 9.17) is 18.5 Å². The molecule has 0 aliphatic carbocycles. The lowest BCUT2D eigenvalue weighted by Gasteiger charge is -2.28. The molecule has 0 aromatic rings. The molecule has 0 rings (SSSR count). The topological polar surface area (TPSA) is 111 Å². The van der Waals surface area contributed by atoms with Gasteiger partial charge in [-0.3, -0.25) is 14.2 Å². The van der Waals surface area contributed by atoms with Crippen molar-refractivity contribution in [3.8, 4) is 0 Å². The second-order valence-electron chi connectivity index (χ2n) is 15.0. The number of carbonyl (C=O) groups excluding carboxylic acids is 2. The fourth-order valence-electron chi connectivity index (χ4n) is 5.52. The molecule has 50 heavy (non-hydrogen) atoms. The maximum Gasteiger partial charge on any atom is 0.306 e. The fraction of sp³-hybridized carbons (Fsp3) is 0.900. The minimum absolute atomic E-state index is 0.0292. The van der Waals surface area contributed by atoms with E-state index in [1.54, 1.807) is 0 Å². The molecule has 10 heteroatoms. The molecule has 0 aromatic heterocycles. The zero-order valence-corrected chi connectivity index (χ0v) is 34.0. The van der Waals surface area contributed by atoms with Gasteiger partial charge in [-0.25, -0.2) is 0 Å². The number of esters is 2. The average molecular weight is 732 g/mol. The summed E-state index contributed by atoms with van der Waals surface area (Å²) in [5.74, 6) is -0.840. The van der Waals surface area contributed by atoms with Crippen LogP contribution in [0, 0.1) is 0 Å². The normalized spacial score (nSPS) is 13.8. The Labute approximate surface area is 307 Å². The van der Waals surface area contributed by atoms with Crippen molar-refractivity contribution >= 4 is 19.8 Å². The van der Waals surface area contributed by atoms with Gasteiger partial charge in [0, 0.05) is 12.8 Å². The van der Waals surface area contributed by atoms with E-state index >= 15 is 0 Å². The molecule has 0 bridgehead atoms. The van der Waals surface area contributed by atoms with Crippen molar-refractivity contribution in [1.82, 2.24) is 0 Å². The molecule has 0 heterocycles. The summed E-state index contributed by atoms with van der Waals surface area (Å²) in [6.45, 7) is 4.18. The lowest BCUT2D eigenvalue weighted by Crippen LogP contribution is -2.37. The SMILES string of the molecule is CCCC/C=C/CCCCCCCC(=O)OC[C@H](COP(=O)([O-])OCC[N+](C)(C)C)OC(=O)CCCCCCCCCCCCCCCCC. The molecule has 296 valence electrons. The number of phosphoric ester groups is 1. The van der Waals surface area contributed by atoms with Gasteiger partial charge in [0.15, 0.2) is 6.10 Å². The molecule has 0 aliphatic heterocycles. The number of hydrogen-bond donors (Lipinski definition) is 0. The van der Waals surface area contributed by atoms with Crippen LogP contribution in [0.5, 0.6) is 0 Å². The number of quaternary nitrogens is 1. The van der Waals surface area contributed by atoms with Crippen molar-refractivity contribution in [2.45, 2.75) is 187 Å². The summed E-state index contributed by atoms with van der Waals surface area (Å²) in [7, 11) is 1.17. The number of ether oxygens (including phenoxy) is 2. The first-order chi connectivity index (χ1) is 24.0. The monoisotopic (exact) mass is 732 g/mol. The molecule has 1 unspecified atom stereocenters. The van der Waals surface area contributed by atoms with Crippen LogP contribution in [0.2, 0.25) is 0 Å². The number of likely N-dealkylation sites (N-methyl/N-ethyl adjacent to an activating group) is 1. The predicted molar refractivity (Wildman–Crippen MR) is 204 cm³/mol. The van der Waals surface area contributed by atoms with Crippen LogP contribution < -0.4 is 4.89 Å². The number of phosphoric acid groups is 1. The number of hydrogen-bond acceptors (Lipinski definition) is 8. The molecule has 0 radical (unpaired) electrons. The van der Waals surface area contributed by atoms with Crippen LogP contribution in [-0.2, 0) is 32.7 Å². The highest BCUT2D eigenvalue weighted by atomic mass is 31.2. The van der Waals surface area contributed by atoms with Crippen molar-refractivity contribution in [1.29, 1.82) is 0 Å². The molecule has 9 nitrogen and oxygen atoms in total. The zero-order chi connectivity index (χ0) is 37.2. The quantitative estimate of drug-likeness (QED) is 0.0204. The van der Waals surface area contributed by atoms with Crippen LogP contribution in [-0.4, -0.2) is 70.0 Å². The first kappa shape index (κ1) is 48.8. The zero-order valence-electron chi connectivity index (χ0n) is 33.1. The highest BCUT2D eigenvalue weighted by Crippen LogP contribution is 2.38. The van der Waals surface area contributed by atoms with E-state index in [9.17, 15) is 19.0 Å². The molecular weight excluding hydrogens is 653 g/mol. The molecule has 0 spiro atoms. The molecular formula is C40H78NO8P. The van der Waals surface area contributed by atoms with Gasteiger partial charge >= 0.3 is 11.9 Å². The summed E-state index contributed by atoms with van der Waals surface area (Å²) in [5, 5.41) is 0. The molecule has 0 aromatic carbocycles. The van der Waals surface area contributed by atoms with E-state index < -0.39 is 32.5 Å². The van der Waals surface area contributed by atoms with E-state index in [0.717, 1.165) is 57.8 Å². The van der Waals surface area contributed by atoms with Crippen LogP contribution in [0.25, 0.3) is 0 Å². The van der Waals surface area contributed by atoms with E-state index in [0.29, 0.717) is 17.4 Å².